The van der Waals surface area contributed by atoms with Crippen LogP contribution in [0.5, 0.6) is 0 Å². The summed E-state index contributed by atoms with van der Waals surface area (Å²) in [5.41, 5.74) is 7.88. The molecule has 0 aliphatic rings. The maximum Gasteiger partial charge on any atom is 0.227 e. The van der Waals surface area contributed by atoms with Gasteiger partial charge in [-0.2, -0.15) is 0 Å². The van der Waals surface area contributed by atoms with Crippen molar-refractivity contribution < 1.29 is 9.59 Å². The molecule has 0 heterocycles. The van der Waals surface area contributed by atoms with Gasteiger partial charge in [0.05, 0.1) is 11.5 Å². The van der Waals surface area contributed by atoms with E-state index in [0.717, 1.165) is 11.1 Å². The highest BCUT2D eigenvalue weighted by atomic mass is 32.2. The average molecular weight is 285 g/mol. The summed E-state index contributed by atoms with van der Waals surface area (Å²) in [5, 5.41) is 0. The zero-order valence-electron chi connectivity index (χ0n) is 10.9. The fraction of sp³-hybridized carbons (Fsp3) is 0.125. The summed E-state index contributed by atoms with van der Waals surface area (Å²) in [4.78, 5) is 22.5. The number of rotatable bonds is 6. The number of Topliss-reactive ketones (excluding diaryl/α,β-unsaturated/α-hetero) is 1. The largest absolute Gasteiger partial charge is 0.369 e. The molecule has 0 spiro atoms. The van der Waals surface area contributed by atoms with E-state index in [0.29, 0.717) is 5.56 Å². The molecule has 0 atom stereocenters. The third-order valence-corrected chi connectivity index (χ3v) is 3.75. The molecule has 0 saturated heterocycles. The predicted octanol–water partition coefficient (Wildman–Crippen LogP) is 2.75. The highest BCUT2D eigenvalue weighted by Crippen LogP contribution is 2.19. The standard InChI is InChI=1S/C16H15NO2S/c17-16(19)11-20-10-15(18)14-8-6-13(7-9-14)12-4-2-1-3-5-12/h1-9H,10-11H2,(H2,17,19). The van der Waals surface area contributed by atoms with Gasteiger partial charge in [-0.3, -0.25) is 9.59 Å². The molecule has 0 bridgehead atoms. The lowest BCUT2D eigenvalue weighted by atomic mass is 10.0. The van der Waals surface area contributed by atoms with E-state index in [-0.39, 0.29) is 17.3 Å². The molecular weight excluding hydrogens is 270 g/mol. The molecule has 20 heavy (non-hydrogen) atoms. The van der Waals surface area contributed by atoms with E-state index < -0.39 is 5.91 Å². The minimum atomic E-state index is -0.401. The first-order chi connectivity index (χ1) is 9.66. The summed E-state index contributed by atoms with van der Waals surface area (Å²) in [6.45, 7) is 0. The van der Waals surface area contributed by atoms with Crippen LogP contribution in [-0.2, 0) is 4.79 Å². The third kappa shape index (κ3) is 3.96. The van der Waals surface area contributed by atoms with Gasteiger partial charge in [0.2, 0.25) is 5.91 Å². The summed E-state index contributed by atoms with van der Waals surface area (Å²) in [6, 6.07) is 17.5. The molecule has 102 valence electrons. The highest BCUT2D eigenvalue weighted by molar-refractivity contribution is 8.00. The molecule has 1 amide bonds. The highest BCUT2D eigenvalue weighted by Gasteiger charge is 2.07. The van der Waals surface area contributed by atoms with Crippen molar-refractivity contribution in [3.05, 3.63) is 60.2 Å². The van der Waals surface area contributed by atoms with Gasteiger partial charge in [0.1, 0.15) is 0 Å². The molecule has 0 unspecified atom stereocenters. The van der Waals surface area contributed by atoms with E-state index in [4.69, 9.17) is 5.73 Å². The monoisotopic (exact) mass is 285 g/mol. The van der Waals surface area contributed by atoms with Crippen molar-refractivity contribution in [2.24, 2.45) is 5.73 Å². The van der Waals surface area contributed by atoms with Gasteiger partial charge in [0.25, 0.3) is 0 Å². The zero-order valence-corrected chi connectivity index (χ0v) is 11.7. The molecule has 0 aliphatic heterocycles. The van der Waals surface area contributed by atoms with E-state index in [1.54, 1.807) is 0 Å². The second-order valence-electron chi connectivity index (χ2n) is 4.33. The van der Waals surface area contributed by atoms with E-state index >= 15 is 0 Å². The van der Waals surface area contributed by atoms with Gasteiger partial charge >= 0.3 is 0 Å². The maximum absolute atomic E-state index is 11.9. The van der Waals surface area contributed by atoms with Crippen molar-refractivity contribution in [1.29, 1.82) is 0 Å². The molecule has 0 fully saturated rings. The van der Waals surface area contributed by atoms with E-state index in [1.165, 1.54) is 11.8 Å². The zero-order chi connectivity index (χ0) is 14.4. The molecular formula is C16H15NO2S. The number of amides is 1. The Morgan fingerprint density at radius 3 is 2.05 bits per heavy atom. The van der Waals surface area contributed by atoms with Gasteiger partial charge in [-0.1, -0.05) is 54.6 Å². The van der Waals surface area contributed by atoms with Crippen molar-refractivity contribution >= 4 is 23.5 Å². The summed E-state index contributed by atoms with van der Waals surface area (Å²) in [5.74, 6) is 0.0552. The quantitative estimate of drug-likeness (QED) is 0.830. The van der Waals surface area contributed by atoms with Gasteiger partial charge in [-0.05, 0) is 11.1 Å². The van der Waals surface area contributed by atoms with Gasteiger partial charge < -0.3 is 5.73 Å². The SMILES string of the molecule is NC(=O)CSCC(=O)c1ccc(-c2ccccc2)cc1. The van der Waals surface area contributed by atoms with Gasteiger partial charge in [0, 0.05) is 5.56 Å². The molecule has 2 aromatic rings. The van der Waals surface area contributed by atoms with E-state index in [1.807, 2.05) is 54.6 Å². The lowest BCUT2D eigenvalue weighted by Gasteiger charge is -2.04. The van der Waals surface area contributed by atoms with Crippen molar-refractivity contribution in [1.82, 2.24) is 0 Å². The van der Waals surface area contributed by atoms with Crippen LogP contribution in [0.4, 0.5) is 0 Å². The van der Waals surface area contributed by atoms with Crippen LogP contribution < -0.4 is 5.73 Å². The Morgan fingerprint density at radius 2 is 1.45 bits per heavy atom. The number of carbonyl (C=O) groups excluding carboxylic acids is 2. The topological polar surface area (TPSA) is 60.2 Å². The van der Waals surface area contributed by atoms with Crippen LogP contribution in [0.1, 0.15) is 10.4 Å². The molecule has 0 aromatic heterocycles. The minimum absolute atomic E-state index is 0.0101. The normalized spacial score (nSPS) is 10.2. The van der Waals surface area contributed by atoms with Crippen molar-refractivity contribution in [3.8, 4) is 11.1 Å². The number of thioether (sulfide) groups is 1. The van der Waals surface area contributed by atoms with Crippen LogP contribution in [0, 0.1) is 0 Å². The second-order valence-corrected chi connectivity index (χ2v) is 5.31. The van der Waals surface area contributed by atoms with Crippen molar-refractivity contribution in [2.75, 3.05) is 11.5 Å². The molecule has 4 heteroatoms. The molecule has 0 radical (unpaired) electrons. The van der Waals surface area contributed by atoms with E-state index in [9.17, 15) is 9.59 Å². The molecule has 0 aliphatic carbocycles. The van der Waals surface area contributed by atoms with Crippen LogP contribution >= 0.6 is 11.8 Å². The fourth-order valence-corrected chi connectivity index (χ4v) is 2.46. The number of primary amides is 1. The lowest BCUT2D eigenvalue weighted by Crippen LogP contribution is -2.15. The minimum Gasteiger partial charge on any atom is -0.369 e. The molecule has 2 rings (SSSR count). The Hall–Kier alpha value is -2.07. The summed E-state index contributed by atoms with van der Waals surface area (Å²) >= 11 is 1.24. The second kappa shape index (κ2) is 6.91. The average Bonchev–Trinajstić information content (AvgIpc) is 2.48. The Bertz CT molecular complexity index is 594. The third-order valence-electron chi connectivity index (χ3n) is 2.79. The molecule has 0 saturated carbocycles. The van der Waals surface area contributed by atoms with Crippen LogP contribution in [0.3, 0.4) is 0 Å². The Balaban J connectivity index is 2.01. The Kier molecular flexibility index (Phi) is 4.96. The van der Waals surface area contributed by atoms with Gasteiger partial charge in [-0.25, -0.2) is 0 Å². The first kappa shape index (κ1) is 14.3. The number of ketones is 1. The Morgan fingerprint density at radius 1 is 0.850 bits per heavy atom. The van der Waals surface area contributed by atoms with Crippen LogP contribution in [0.25, 0.3) is 11.1 Å². The Labute approximate surface area is 122 Å². The predicted molar refractivity (Wildman–Crippen MR) is 82.7 cm³/mol. The number of benzene rings is 2. The fourth-order valence-electron chi connectivity index (χ4n) is 1.81. The summed E-state index contributed by atoms with van der Waals surface area (Å²) < 4.78 is 0. The van der Waals surface area contributed by atoms with Crippen molar-refractivity contribution in [2.45, 2.75) is 0 Å². The number of carbonyl (C=O) groups is 2. The molecule has 2 aromatic carbocycles. The first-order valence-corrected chi connectivity index (χ1v) is 7.37. The molecule has 3 nitrogen and oxygen atoms in total. The van der Waals surface area contributed by atoms with Crippen LogP contribution in [-0.4, -0.2) is 23.2 Å². The summed E-state index contributed by atoms with van der Waals surface area (Å²) in [7, 11) is 0. The van der Waals surface area contributed by atoms with Crippen LogP contribution in [0.15, 0.2) is 54.6 Å². The number of hydrogen-bond acceptors (Lipinski definition) is 3. The molecule has 2 N–H and O–H groups in total. The lowest BCUT2D eigenvalue weighted by molar-refractivity contribution is -0.115. The number of hydrogen-bond donors (Lipinski definition) is 1. The van der Waals surface area contributed by atoms with Gasteiger partial charge in [-0.15, -0.1) is 11.8 Å². The van der Waals surface area contributed by atoms with Crippen molar-refractivity contribution in [3.63, 3.8) is 0 Å². The number of nitrogens with two attached hydrogens (primary N) is 1. The maximum atomic E-state index is 11.9. The summed E-state index contributed by atoms with van der Waals surface area (Å²) in [6.07, 6.45) is 0. The smallest absolute Gasteiger partial charge is 0.227 e. The van der Waals surface area contributed by atoms with Crippen LogP contribution in [0.2, 0.25) is 0 Å². The first-order valence-electron chi connectivity index (χ1n) is 6.21. The van der Waals surface area contributed by atoms with Gasteiger partial charge in [0.15, 0.2) is 5.78 Å². The van der Waals surface area contributed by atoms with E-state index in [2.05, 4.69) is 0 Å².